The maximum absolute atomic E-state index is 12.4. The normalized spacial score (nSPS) is 26.9. The average molecular weight is 292 g/mol. The highest BCUT2D eigenvalue weighted by Crippen LogP contribution is 2.30. The molecule has 1 saturated carbocycles. The Morgan fingerprint density at radius 2 is 1.90 bits per heavy atom. The van der Waals surface area contributed by atoms with Crippen molar-refractivity contribution in [1.29, 1.82) is 5.26 Å². The number of nitrogens with zero attached hydrogens (tertiary/aromatic N) is 1. The lowest BCUT2D eigenvalue weighted by atomic mass is 9.79. The van der Waals surface area contributed by atoms with Gasteiger partial charge in [0.05, 0.1) is 10.5 Å². The SMILES string of the molecule is CC1CCC(NS(=O)(=O)c2ccccc2C#N)CC1C. The first-order chi connectivity index (χ1) is 9.44. The first-order valence-electron chi connectivity index (χ1n) is 6.95. The summed E-state index contributed by atoms with van der Waals surface area (Å²) in [4.78, 5) is 0.0776. The molecule has 1 aromatic carbocycles. The summed E-state index contributed by atoms with van der Waals surface area (Å²) in [5.74, 6) is 1.16. The lowest BCUT2D eigenvalue weighted by molar-refractivity contribution is 0.242. The van der Waals surface area contributed by atoms with E-state index in [0.717, 1.165) is 19.3 Å². The van der Waals surface area contributed by atoms with E-state index in [0.29, 0.717) is 11.8 Å². The molecule has 0 aliphatic heterocycles. The van der Waals surface area contributed by atoms with Gasteiger partial charge in [-0.05, 0) is 43.2 Å². The van der Waals surface area contributed by atoms with E-state index in [1.165, 1.54) is 12.1 Å². The number of hydrogen-bond acceptors (Lipinski definition) is 3. The molecule has 0 amide bonds. The highest BCUT2D eigenvalue weighted by Gasteiger charge is 2.29. The second-order valence-corrected chi connectivity index (χ2v) is 7.38. The van der Waals surface area contributed by atoms with Crippen LogP contribution in [-0.4, -0.2) is 14.5 Å². The van der Waals surface area contributed by atoms with Gasteiger partial charge in [0.25, 0.3) is 0 Å². The largest absolute Gasteiger partial charge is 0.242 e. The van der Waals surface area contributed by atoms with Crippen molar-refractivity contribution in [2.24, 2.45) is 11.8 Å². The van der Waals surface area contributed by atoms with Gasteiger partial charge in [-0.3, -0.25) is 0 Å². The van der Waals surface area contributed by atoms with Gasteiger partial charge in [0, 0.05) is 6.04 Å². The summed E-state index contributed by atoms with van der Waals surface area (Å²) in [5.41, 5.74) is 0.192. The number of sulfonamides is 1. The quantitative estimate of drug-likeness (QED) is 0.931. The van der Waals surface area contributed by atoms with Gasteiger partial charge in [0.2, 0.25) is 10.0 Å². The zero-order valence-electron chi connectivity index (χ0n) is 11.8. The topological polar surface area (TPSA) is 70.0 Å². The Balaban J connectivity index is 2.18. The predicted molar refractivity (Wildman–Crippen MR) is 77.4 cm³/mol. The fraction of sp³-hybridized carbons (Fsp3) is 0.533. The van der Waals surface area contributed by atoms with Crippen LogP contribution in [-0.2, 0) is 10.0 Å². The standard InChI is InChI=1S/C15H20N2O2S/c1-11-7-8-14(9-12(11)2)17-20(18,19)15-6-4-3-5-13(15)10-16/h3-6,11-12,14,17H,7-9H2,1-2H3. The Labute approximate surface area is 120 Å². The van der Waals surface area contributed by atoms with Crippen molar-refractivity contribution in [3.63, 3.8) is 0 Å². The van der Waals surface area contributed by atoms with Crippen LogP contribution in [0.1, 0.15) is 38.7 Å². The summed E-state index contributed by atoms with van der Waals surface area (Å²) < 4.78 is 27.6. The monoisotopic (exact) mass is 292 g/mol. The van der Waals surface area contributed by atoms with Crippen LogP contribution in [0.5, 0.6) is 0 Å². The number of nitriles is 1. The van der Waals surface area contributed by atoms with E-state index >= 15 is 0 Å². The molecule has 0 spiro atoms. The molecule has 0 radical (unpaired) electrons. The van der Waals surface area contributed by atoms with E-state index in [4.69, 9.17) is 5.26 Å². The molecule has 0 heterocycles. The molecular weight excluding hydrogens is 272 g/mol. The van der Waals surface area contributed by atoms with Crippen molar-refractivity contribution >= 4 is 10.0 Å². The lowest BCUT2D eigenvalue weighted by Gasteiger charge is -2.32. The minimum Gasteiger partial charge on any atom is -0.208 e. The van der Waals surface area contributed by atoms with Crippen molar-refractivity contribution < 1.29 is 8.42 Å². The minimum atomic E-state index is -3.62. The van der Waals surface area contributed by atoms with Crippen molar-refractivity contribution in [3.05, 3.63) is 29.8 Å². The van der Waals surface area contributed by atoms with E-state index in [1.54, 1.807) is 12.1 Å². The first kappa shape index (κ1) is 15.0. The third-order valence-electron chi connectivity index (χ3n) is 4.22. The number of benzene rings is 1. The molecule has 108 valence electrons. The molecule has 3 unspecified atom stereocenters. The van der Waals surface area contributed by atoms with Crippen LogP contribution in [0, 0.1) is 23.2 Å². The summed E-state index contributed by atoms with van der Waals surface area (Å²) in [7, 11) is -3.62. The molecule has 3 atom stereocenters. The number of rotatable bonds is 3. The third kappa shape index (κ3) is 3.20. The molecule has 0 saturated heterocycles. The zero-order chi connectivity index (χ0) is 14.8. The van der Waals surface area contributed by atoms with Crippen LogP contribution in [0.25, 0.3) is 0 Å². The molecule has 1 fully saturated rings. The third-order valence-corrected chi connectivity index (χ3v) is 5.80. The molecule has 1 aromatic rings. The zero-order valence-corrected chi connectivity index (χ0v) is 12.7. The Bertz CT molecular complexity index is 619. The molecule has 4 nitrogen and oxygen atoms in total. The summed E-state index contributed by atoms with van der Waals surface area (Å²) in [6.45, 7) is 4.37. The van der Waals surface area contributed by atoms with Gasteiger partial charge >= 0.3 is 0 Å². The highest BCUT2D eigenvalue weighted by atomic mass is 32.2. The summed E-state index contributed by atoms with van der Waals surface area (Å²) in [6, 6.07) is 8.22. The molecular formula is C15H20N2O2S. The van der Waals surface area contributed by atoms with Crippen LogP contribution in [0.2, 0.25) is 0 Å². The van der Waals surface area contributed by atoms with E-state index in [2.05, 4.69) is 18.6 Å². The maximum Gasteiger partial charge on any atom is 0.242 e. The van der Waals surface area contributed by atoms with Crippen LogP contribution >= 0.6 is 0 Å². The second-order valence-electron chi connectivity index (χ2n) is 5.69. The molecule has 5 heteroatoms. The molecule has 20 heavy (non-hydrogen) atoms. The molecule has 1 N–H and O–H groups in total. The first-order valence-corrected chi connectivity index (χ1v) is 8.44. The summed E-state index contributed by atoms with van der Waals surface area (Å²) >= 11 is 0. The molecule has 0 aromatic heterocycles. The molecule has 1 aliphatic rings. The average Bonchev–Trinajstić information content (AvgIpc) is 2.42. The Morgan fingerprint density at radius 1 is 1.20 bits per heavy atom. The molecule has 2 rings (SSSR count). The Kier molecular flexibility index (Phi) is 4.46. The number of nitrogens with one attached hydrogen (secondary N) is 1. The van der Waals surface area contributed by atoms with Crippen molar-refractivity contribution in [1.82, 2.24) is 4.72 Å². The van der Waals surface area contributed by atoms with Crippen molar-refractivity contribution in [2.45, 2.75) is 44.0 Å². The maximum atomic E-state index is 12.4. The Hall–Kier alpha value is -1.38. The van der Waals surface area contributed by atoms with Gasteiger partial charge in [-0.15, -0.1) is 0 Å². The van der Waals surface area contributed by atoms with E-state index < -0.39 is 10.0 Å². The van der Waals surface area contributed by atoms with Gasteiger partial charge in [0.1, 0.15) is 6.07 Å². The highest BCUT2D eigenvalue weighted by molar-refractivity contribution is 7.89. The van der Waals surface area contributed by atoms with E-state index in [1.807, 2.05) is 6.07 Å². The summed E-state index contributed by atoms with van der Waals surface area (Å²) in [5, 5.41) is 9.02. The van der Waals surface area contributed by atoms with Gasteiger partial charge in [-0.1, -0.05) is 26.0 Å². The van der Waals surface area contributed by atoms with Crippen molar-refractivity contribution in [2.75, 3.05) is 0 Å². The van der Waals surface area contributed by atoms with Gasteiger partial charge in [-0.25, -0.2) is 13.1 Å². The lowest BCUT2D eigenvalue weighted by Crippen LogP contribution is -2.40. The fourth-order valence-corrected chi connectivity index (χ4v) is 4.17. The van der Waals surface area contributed by atoms with Gasteiger partial charge in [-0.2, -0.15) is 5.26 Å². The smallest absolute Gasteiger partial charge is 0.208 e. The minimum absolute atomic E-state index is 0.0297. The van der Waals surface area contributed by atoms with Crippen LogP contribution in [0.4, 0.5) is 0 Å². The van der Waals surface area contributed by atoms with Gasteiger partial charge in [0.15, 0.2) is 0 Å². The Morgan fingerprint density at radius 3 is 2.55 bits per heavy atom. The van der Waals surface area contributed by atoms with Crippen molar-refractivity contribution in [3.8, 4) is 6.07 Å². The van der Waals surface area contributed by atoms with E-state index in [9.17, 15) is 8.42 Å². The second kappa shape index (κ2) is 5.94. The summed E-state index contributed by atoms with van der Waals surface area (Å²) in [6.07, 6.45) is 2.75. The van der Waals surface area contributed by atoms with Crippen LogP contribution < -0.4 is 4.72 Å². The van der Waals surface area contributed by atoms with Gasteiger partial charge < -0.3 is 0 Å². The van der Waals surface area contributed by atoms with E-state index in [-0.39, 0.29) is 16.5 Å². The van der Waals surface area contributed by atoms with Crippen LogP contribution in [0.3, 0.4) is 0 Å². The number of hydrogen-bond donors (Lipinski definition) is 1. The predicted octanol–water partition coefficient (Wildman–Crippen LogP) is 2.66. The fourth-order valence-electron chi connectivity index (χ4n) is 2.73. The molecule has 1 aliphatic carbocycles. The molecule has 0 bridgehead atoms. The van der Waals surface area contributed by atoms with Crippen LogP contribution in [0.15, 0.2) is 29.2 Å².